The maximum atomic E-state index is 12.3. The number of likely N-dealkylation sites (N-methyl/N-ethyl adjacent to an activating group) is 1. The number of nitrogens with one attached hydrogen (secondary N) is 1. The van der Waals surface area contributed by atoms with Gasteiger partial charge in [-0.3, -0.25) is 14.5 Å². The van der Waals surface area contributed by atoms with E-state index >= 15 is 0 Å². The fourth-order valence-electron chi connectivity index (χ4n) is 2.32. The van der Waals surface area contributed by atoms with Gasteiger partial charge in [0.1, 0.15) is 11.4 Å². The molecule has 2 amide bonds. The number of carbonyl (C=O) groups excluding carboxylic acids is 2. The van der Waals surface area contributed by atoms with Crippen molar-refractivity contribution in [1.29, 1.82) is 0 Å². The van der Waals surface area contributed by atoms with Crippen LogP contribution in [0.1, 0.15) is 4.88 Å². The van der Waals surface area contributed by atoms with Crippen LogP contribution in [0.4, 0.5) is 18.9 Å². The van der Waals surface area contributed by atoms with Crippen LogP contribution in [0.5, 0.6) is 5.75 Å². The third kappa shape index (κ3) is 3.50. The zero-order chi connectivity index (χ0) is 18.2. The van der Waals surface area contributed by atoms with Crippen LogP contribution in [0.2, 0.25) is 0 Å². The molecule has 25 heavy (non-hydrogen) atoms. The summed E-state index contributed by atoms with van der Waals surface area (Å²) in [6, 6.07) is 8.48. The first-order valence-electron chi connectivity index (χ1n) is 6.99. The highest BCUT2D eigenvalue weighted by atomic mass is 32.1. The van der Waals surface area contributed by atoms with Crippen molar-refractivity contribution in [2.75, 3.05) is 12.4 Å². The second-order valence-corrected chi connectivity index (χ2v) is 6.04. The number of rotatable bonds is 4. The van der Waals surface area contributed by atoms with Gasteiger partial charge in [0.25, 0.3) is 11.8 Å². The van der Waals surface area contributed by atoms with E-state index < -0.39 is 23.9 Å². The summed E-state index contributed by atoms with van der Waals surface area (Å²) in [5.74, 6) is -1.46. The summed E-state index contributed by atoms with van der Waals surface area (Å²) in [5.41, 5.74) is 0.394. The van der Waals surface area contributed by atoms with Gasteiger partial charge in [0.2, 0.25) is 0 Å². The first kappa shape index (κ1) is 17.0. The number of halogens is 3. The molecule has 0 bridgehead atoms. The minimum Gasteiger partial charge on any atom is -0.406 e. The third-order valence-electron chi connectivity index (χ3n) is 3.39. The van der Waals surface area contributed by atoms with Gasteiger partial charge in [-0.2, -0.15) is 0 Å². The standard InChI is InChI=1S/C16H11F3N2O3S/c1-21-14(22)12(11-6-3-7-25-11)13(15(21)23)20-9-4-2-5-10(8-9)24-16(17,18)19/h2-8,20H,1H3. The molecule has 130 valence electrons. The van der Waals surface area contributed by atoms with Gasteiger partial charge in [-0.1, -0.05) is 12.1 Å². The lowest BCUT2D eigenvalue weighted by Gasteiger charge is -2.12. The molecule has 0 aliphatic carbocycles. The lowest BCUT2D eigenvalue weighted by atomic mass is 10.2. The average Bonchev–Trinajstić information content (AvgIpc) is 3.11. The molecule has 1 aliphatic heterocycles. The van der Waals surface area contributed by atoms with Gasteiger partial charge in [0.15, 0.2) is 0 Å². The number of alkyl halides is 3. The second kappa shape index (κ2) is 6.25. The fourth-order valence-corrected chi connectivity index (χ4v) is 3.09. The summed E-state index contributed by atoms with van der Waals surface area (Å²) in [4.78, 5) is 26.2. The summed E-state index contributed by atoms with van der Waals surface area (Å²) < 4.78 is 40.9. The van der Waals surface area contributed by atoms with E-state index in [1.54, 1.807) is 17.5 Å². The Kier molecular flexibility index (Phi) is 4.25. The Hall–Kier alpha value is -2.81. The number of hydrogen-bond donors (Lipinski definition) is 1. The van der Waals surface area contributed by atoms with E-state index in [2.05, 4.69) is 10.1 Å². The van der Waals surface area contributed by atoms with Crippen LogP contribution in [0.3, 0.4) is 0 Å². The molecule has 5 nitrogen and oxygen atoms in total. The van der Waals surface area contributed by atoms with Crippen molar-refractivity contribution < 1.29 is 27.5 Å². The minimum atomic E-state index is -4.82. The molecule has 1 N–H and O–H groups in total. The summed E-state index contributed by atoms with van der Waals surface area (Å²) in [5, 5.41) is 4.50. The Balaban J connectivity index is 1.96. The Bertz CT molecular complexity index is 860. The van der Waals surface area contributed by atoms with Crippen LogP contribution in [0.25, 0.3) is 5.57 Å². The molecule has 1 aromatic carbocycles. The predicted octanol–water partition coefficient (Wildman–Crippen LogP) is 3.47. The summed E-state index contributed by atoms with van der Waals surface area (Å²) in [7, 11) is 1.34. The largest absolute Gasteiger partial charge is 0.573 e. The van der Waals surface area contributed by atoms with Gasteiger partial charge in [-0.05, 0) is 23.6 Å². The molecule has 0 radical (unpaired) electrons. The second-order valence-electron chi connectivity index (χ2n) is 5.10. The van der Waals surface area contributed by atoms with E-state index in [1.807, 2.05) is 0 Å². The first-order valence-corrected chi connectivity index (χ1v) is 7.87. The molecule has 1 aromatic heterocycles. The first-order chi connectivity index (χ1) is 11.8. The van der Waals surface area contributed by atoms with Gasteiger partial charge in [-0.25, -0.2) is 0 Å². The maximum Gasteiger partial charge on any atom is 0.573 e. The normalized spacial score (nSPS) is 15.1. The number of hydrogen-bond acceptors (Lipinski definition) is 5. The lowest BCUT2D eigenvalue weighted by Crippen LogP contribution is -2.27. The zero-order valence-corrected chi connectivity index (χ0v) is 13.6. The van der Waals surface area contributed by atoms with E-state index in [-0.39, 0.29) is 17.0 Å². The van der Waals surface area contributed by atoms with Crippen molar-refractivity contribution in [2.24, 2.45) is 0 Å². The summed E-state index contributed by atoms with van der Waals surface area (Å²) in [6.07, 6.45) is -4.82. The van der Waals surface area contributed by atoms with E-state index in [9.17, 15) is 22.8 Å². The molecule has 0 saturated heterocycles. The monoisotopic (exact) mass is 368 g/mol. The Morgan fingerprint density at radius 1 is 1.12 bits per heavy atom. The molecular weight excluding hydrogens is 357 g/mol. The topological polar surface area (TPSA) is 58.6 Å². The van der Waals surface area contributed by atoms with Crippen molar-refractivity contribution in [1.82, 2.24) is 4.90 Å². The molecule has 0 atom stereocenters. The van der Waals surface area contributed by atoms with Crippen LogP contribution in [-0.2, 0) is 9.59 Å². The molecule has 0 unspecified atom stereocenters. The Morgan fingerprint density at radius 2 is 1.88 bits per heavy atom. The molecule has 0 spiro atoms. The molecule has 3 rings (SSSR count). The molecule has 2 heterocycles. The predicted molar refractivity (Wildman–Crippen MR) is 85.8 cm³/mol. The van der Waals surface area contributed by atoms with Crippen molar-refractivity contribution in [3.63, 3.8) is 0 Å². The smallest absolute Gasteiger partial charge is 0.406 e. The number of amides is 2. The summed E-state index contributed by atoms with van der Waals surface area (Å²) in [6.45, 7) is 0. The molecule has 9 heteroatoms. The Morgan fingerprint density at radius 3 is 2.52 bits per heavy atom. The quantitative estimate of drug-likeness (QED) is 0.840. The van der Waals surface area contributed by atoms with E-state index in [4.69, 9.17) is 0 Å². The molecule has 1 aliphatic rings. The van der Waals surface area contributed by atoms with Crippen LogP contribution >= 0.6 is 11.3 Å². The lowest BCUT2D eigenvalue weighted by molar-refractivity contribution is -0.274. The van der Waals surface area contributed by atoms with Crippen LogP contribution in [0, 0.1) is 0 Å². The van der Waals surface area contributed by atoms with Gasteiger partial charge < -0.3 is 10.1 Å². The minimum absolute atomic E-state index is 0.0131. The number of imide groups is 1. The Labute approximate surface area is 144 Å². The molecular formula is C16H11F3N2O3S. The van der Waals surface area contributed by atoms with Crippen LogP contribution in [-0.4, -0.2) is 30.1 Å². The molecule has 0 saturated carbocycles. The van der Waals surface area contributed by atoms with E-state index in [0.29, 0.717) is 4.88 Å². The van der Waals surface area contributed by atoms with Crippen molar-refractivity contribution in [2.45, 2.75) is 6.36 Å². The number of anilines is 1. The number of benzene rings is 1. The highest BCUT2D eigenvalue weighted by molar-refractivity contribution is 7.11. The van der Waals surface area contributed by atoms with E-state index in [1.165, 1.54) is 30.5 Å². The number of carbonyl (C=O) groups is 2. The van der Waals surface area contributed by atoms with Crippen LogP contribution < -0.4 is 10.1 Å². The van der Waals surface area contributed by atoms with Crippen molar-refractivity contribution in [3.8, 4) is 5.75 Å². The SMILES string of the molecule is CN1C(=O)C(Nc2cccc(OC(F)(F)F)c2)=C(c2cccs2)C1=O. The fraction of sp³-hybridized carbons (Fsp3) is 0.125. The van der Waals surface area contributed by atoms with Gasteiger partial charge >= 0.3 is 6.36 Å². The number of thiophene rings is 1. The highest BCUT2D eigenvalue weighted by Crippen LogP contribution is 2.33. The van der Waals surface area contributed by atoms with E-state index in [0.717, 1.165) is 17.0 Å². The number of nitrogens with zero attached hydrogens (tertiary/aromatic N) is 1. The van der Waals surface area contributed by atoms with Gasteiger partial charge in [0.05, 0.1) is 5.57 Å². The highest BCUT2D eigenvalue weighted by Gasteiger charge is 2.37. The van der Waals surface area contributed by atoms with Gasteiger partial charge in [0, 0.05) is 23.7 Å². The van der Waals surface area contributed by atoms with Crippen LogP contribution in [0.15, 0.2) is 47.5 Å². The van der Waals surface area contributed by atoms with Gasteiger partial charge in [-0.15, -0.1) is 24.5 Å². The van der Waals surface area contributed by atoms with Crippen molar-refractivity contribution >= 4 is 34.4 Å². The molecule has 2 aromatic rings. The third-order valence-corrected chi connectivity index (χ3v) is 4.28. The summed E-state index contributed by atoms with van der Waals surface area (Å²) >= 11 is 1.28. The maximum absolute atomic E-state index is 12.3. The zero-order valence-electron chi connectivity index (χ0n) is 12.8. The molecule has 0 fully saturated rings. The van der Waals surface area contributed by atoms with Crippen molar-refractivity contribution in [3.05, 3.63) is 52.4 Å². The number of ether oxygens (including phenoxy) is 1. The average molecular weight is 368 g/mol.